The van der Waals surface area contributed by atoms with E-state index in [1.54, 1.807) is 23.9 Å². The number of rotatable bonds is 8. The Labute approximate surface area is 195 Å². The molecule has 12 nitrogen and oxygen atoms in total. The van der Waals surface area contributed by atoms with Crippen LogP contribution in [0.1, 0.15) is 12.2 Å². The number of fused-ring (bicyclic) bond motifs is 2. The number of likely N-dealkylation sites (tertiary alicyclic amines) is 1. The molecule has 5 heterocycles. The van der Waals surface area contributed by atoms with Crippen LogP contribution >= 0.6 is 0 Å². The van der Waals surface area contributed by atoms with Crippen molar-refractivity contribution < 1.29 is 14.3 Å². The largest absolute Gasteiger partial charge is 0.481 e. The van der Waals surface area contributed by atoms with Crippen molar-refractivity contribution in [3.63, 3.8) is 0 Å². The van der Waals surface area contributed by atoms with Gasteiger partial charge in [0.2, 0.25) is 5.88 Å². The highest BCUT2D eigenvalue weighted by Crippen LogP contribution is 2.23. The molecule has 3 aromatic rings. The molecule has 1 atom stereocenters. The van der Waals surface area contributed by atoms with Crippen LogP contribution in [0.3, 0.4) is 0 Å². The van der Waals surface area contributed by atoms with Gasteiger partial charge in [-0.25, -0.2) is 15.0 Å². The second-order valence-corrected chi connectivity index (χ2v) is 8.37. The number of ether oxygens (including phenoxy) is 2. The first-order valence-corrected chi connectivity index (χ1v) is 11.2. The lowest BCUT2D eigenvalue weighted by Crippen LogP contribution is -2.31. The van der Waals surface area contributed by atoms with Crippen molar-refractivity contribution in [2.45, 2.75) is 19.5 Å². The van der Waals surface area contributed by atoms with Crippen molar-refractivity contribution >= 4 is 22.9 Å². The van der Waals surface area contributed by atoms with Gasteiger partial charge in [0.15, 0.2) is 23.8 Å². The third-order valence-corrected chi connectivity index (χ3v) is 6.02. The summed E-state index contributed by atoms with van der Waals surface area (Å²) in [4.78, 5) is 43.5. The van der Waals surface area contributed by atoms with Crippen LogP contribution < -0.4 is 25.7 Å². The van der Waals surface area contributed by atoms with E-state index in [0.717, 1.165) is 32.6 Å². The predicted molar refractivity (Wildman–Crippen MR) is 123 cm³/mol. The van der Waals surface area contributed by atoms with Gasteiger partial charge in [-0.2, -0.15) is 4.98 Å². The summed E-state index contributed by atoms with van der Waals surface area (Å²) in [7, 11) is 1.55. The number of anilines is 1. The average Bonchev–Trinajstić information content (AvgIpc) is 3.30. The molecule has 178 valence electrons. The summed E-state index contributed by atoms with van der Waals surface area (Å²) in [6.45, 7) is 4.53. The summed E-state index contributed by atoms with van der Waals surface area (Å²) < 4.78 is 12.2. The van der Waals surface area contributed by atoms with E-state index in [0.29, 0.717) is 53.4 Å². The fourth-order valence-electron chi connectivity index (χ4n) is 4.26. The fourth-order valence-corrected chi connectivity index (χ4v) is 4.26. The molecular weight excluding hydrogens is 440 g/mol. The van der Waals surface area contributed by atoms with Crippen LogP contribution in [-0.4, -0.2) is 75.2 Å². The molecule has 2 aliphatic heterocycles. The van der Waals surface area contributed by atoms with Crippen LogP contribution in [0.4, 0.5) is 5.82 Å². The monoisotopic (exact) mass is 466 g/mol. The number of hydrogen-bond acceptors (Lipinski definition) is 10. The van der Waals surface area contributed by atoms with Gasteiger partial charge in [0.25, 0.3) is 11.5 Å². The summed E-state index contributed by atoms with van der Waals surface area (Å²) in [6, 6.07) is 3.54. The second kappa shape index (κ2) is 9.69. The smallest absolute Gasteiger partial charge is 0.270 e. The Morgan fingerprint density at radius 2 is 2.12 bits per heavy atom. The van der Waals surface area contributed by atoms with Crippen molar-refractivity contribution in [3.8, 4) is 11.6 Å². The SMILES string of the molecule is COc1ccc2ncc(=O)n(CCN3CCC(CNCc4ncc5c(n4)NC(=O)CO5)C3)c2n1. The minimum atomic E-state index is -0.215. The second-order valence-electron chi connectivity index (χ2n) is 8.37. The molecule has 0 saturated carbocycles. The highest BCUT2D eigenvalue weighted by molar-refractivity contribution is 5.94. The molecule has 2 N–H and O–H groups in total. The molecule has 0 aromatic carbocycles. The molecule has 0 bridgehead atoms. The maximum Gasteiger partial charge on any atom is 0.270 e. The predicted octanol–water partition coefficient (Wildman–Crippen LogP) is 0.0327. The first-order chi connectivity index (χ1) is 16.6. The molecule has 3 aromatic heterocycles. The van der Waals surface area contributed by atoms with E-state index in [2.05, 4.69) is 35.5 Å². The highest BCUT2D eigenvalue weighted by atomic mass is 16.5. The first-order valence-electron chi connectivity index (χ1n) is 11.2. The van der Waals surface area contributed by atoms with Gasteiger partial charge >= 0.3 is 0 Å². The number of carbonyl (C=O) groups excluding carboxylic acids is 1. The zero-order chi connectivity index (χ0) is 23.5. The van der Waals surface area contributed by atoms with Crippen LogP contribution in [0.15, 0.2) is 29.3 Å². The number of nitrogens with zero attached hydrogens (tertiary/aromatic N) is 6. The van der Waals surface area contributed by atoms with Crippen molar-refractivity contribution in [2.75, 3.05) is 45.2 Å². The minimum absolute atomic E-state index is 0.0110. The maximum absolute atomic E-state index is 12.4. The zero-order valence-electron chi connectivity index (χ0n) is 18.9. The Morgan fingerprint density at radius 1 is 1.21 bits per heavy atom. The van der Waals surface area contributed by atoms with Gasteiger partial charge in [-0.1, -0.05) is 0 Å². The molecule has 0 aliphatic carbocycles. The molecular formula is C22H26N8O4. The van der Waals surface area contributed by atoms with Gasteiger partial charge in [0, 0.05) is 25.7 Å². The first kappa shape index (κ1) is 22.2. The third-order valence-electron chi connectivity index (χ3n) is 6.02. The number of carbonyl (C=O) groups is 1. The van der Waals surface area contributed by atoms with Crippen LogP contribution in [0.2, 0.25) is 0 Å². The topological polar surface area (TPSA) is 136 Å². The highest BCUT2D eigenvalue weighted by Gasteiger charge is 2.23. The van der Waals surface area contributed by atoms with E-state index in [-0.39, 0.29) is 18.1 Å². The lowest BCUT2D eigenvalue weighted by molar-refractivity contribution is -0.118. The molecule has 0 radical (unpaired) electrons. The minimum Gasteiger partial charge on any atom is -0.481 e. The molecule has 5 rings (SSSR count). The van der Waals surface area contributed by atoms with E-state index >= 15 is 0 Å². The van der Waals surface area contributed by atoms with E-state index in [4.69, 9.17) is 9.47 Å². The molecule has 1 fully saturated rings. The summed E-state index contributed by atoms with van der Waals surface area (Å²) in [6.07, 6.45) is 4.00. The zero-order valence-corrected chi connectivity index (χ0v) is 18.9. The Hall–Kier alpha value is -3.64. The Bertz CT molecular complexity index is 1260. The average molecular weight is 467 g/mol. The number of methoxy groups -OCH3 is 1. The molecule has 1 saturated heterocycles. The molecule has 34 heavy (non-hydrogen) atoms. The number of hydrogen-bond donors (Lipinski definition) is 2. The quantitative estimate of drug-likeness (QED) is 0.468. The normalized spacial score (nSPS) is 17.9. The molecule has 1 amide bonds. The van der Waals surface area contributed by atoms with E-state index in [9.17, 15) is 9.59 Å². The van der Waals surface area contributed by atoms with Gasteiger partial charge in [-0.3, -0.25) is 14.2 Å². The number of amides is 1. The van der Waals surface area contributed by atoms with Crippen molar-refractivity contribution in [2.24, 2.45) is 5.92 Å². The van der Waals surface area contributed by atoms with Gasteiger partial charge < -0.3 is 25.0 Å². The van der Waals surface area contributed by atoms with Crippen LogP contribution in [0.5, 0.6) is 11.6 Å². The Kier molecular flexibility index (Phi) is 6.32. The Balaban J connectivity index is 1.13. The number of pyridine rings is 1. The summed E-state index contributed by atoms with van der Waals surface area (Å²) >= 11 is 0. The molecule has 1 unspecified atom stereocenters. The van der Waals surface area contributed by atoms with Crippen molar-refractivity contribution in [1.82, 2.24) is 34.7 Å². The van der Waals surface area contributed by atoms with Crippen LogP contribution in [-0.2, 0) is 17.9 Å². The van der Waals surface area contributed by atoms with Crippen LogP contribution in [0.25, 0.3) is 11.2 Å². The van der Waals surface area contributed by atoms with E-state index < -0.39 is 0 Å². The van der Waals surface area contributed by atoms with Gasteiger partial charge in [0.05, 0.1) is 26.0 Å². The lowest BCUT2D eigenvalue weighted by Gasteiger charge is -2.18. The van der Waals surface area contributed by atoms with Gasteiger partial charge in [0.1, 0.15) is 11.3 Å². The van der Waals surface area contributed by atoms with Crippen LogP contribution in [0, 0.1) is 5.92 Å². The van der Waals surface area contributed by atoms with E-state index in [1.165, 1.54) is 6.20 Å². The van der Waals surface area contributed by atoms with Crippen molar-refractivity contribution in [1.29, 1.82) is 0 Å². The number of aromatic nitrogens is 5. The maximum atomic E-state index is 12.4. The molecule has 0 spiro atoms. The van der Waals surface area contributed by atoms with Crippen molar-refractivity contribution in [3.05, 3.63) is 40.7 Å². The number of nitrogens with one attached hydrogen (secondary N) is 2. The van der Waals surface area contributed by atoms with Gasteiger partial charge in [-0.05, 0) is 31.5 Å². The van der Waals surface area contributed by atoms with Gasteiger partial charge in [-0.15, -0.1) is 0 Å². The standard InChI is InChI=1S/C22H26N8O4/c1-33-19-3-2-15-22(28-19)30(20(32)11-24-15)7-6-29-5-4-14(12-29)8-23-10-17-25-9-16-21(26-17)27-18(31)13-34-16/h2-3,9,11,14,23H,4-8,10,12-13H2,1H3,(H,25,26,27,31). The lowest BCUT2D eigenvalue weighted by atomic mass is 10.1. The Morgan fingerprint density at radius 3 is 3.00 bits per heavy atom. The summed E-state index contributed by atoms with van der Waals surface area (Å²) in [5, 5.41) is 6.11. The summed E-state index contributed by atoms with van der Waals surface area (Å²) in [5.41, 5.74) is 1.03. The molecule has 12 heteroatoms. The fraction of sp³-hybridized carbons (Fsp3) is 0.455. The summed E-state index contributed by atoms with van der Waals surface area (Å²) in [5.74, 6) is 2.24. The third kappa shape index (κ3) is 4.82. The molecule has 2 aliphatic rings. The van der Waals surface area contributed by atoms with E-state index in [1.807, 2.05) is 6.07 Å².